The number of methoxy groups -OCH3 is 1. The van der Waals surface area contributed by atoms with Gasteiger partial charge in [-0.3, -0.25) is 19.1 Å². The fraction of sp³-hybridized carbons (Fsp3) is 0.419. The summed E-state index contributed by atoms with van der Waals surface area (Å²) in [6.45, 7) is 11.2. The van der Waals surface area contributed by atoms with E-state index < -0.39 is 17.6 Å². The fourth-order valence-corrected chi connectivity index (χ4v) is 4.77. The molecule has 224 valence electrons. The van der Waals surface area contributed by atoms with Gasteiger partial charge in [0, 0.05) is 35.5 Å². The van der Waals surface area contributed by atoms with Crippen molar-refractivity contribution in [1.82, 2.24) is 30.7 Å². The highest BCUT2D eigenvalue weighted by molar-refractivity contribution is 8.00. The molecule has 3 N–H and O–H groups in total. The lowest BCUT2D eigenvalue weighted by molar-refractivity contribution is 0.0945. The van der Waals surface area contributed by atoms with Crippen LogP contribution in [0, 0.1) is 24.7 Å². The molecule has 11 heteroatoms. The third kappa shape index (κ3) is 8.18. The van der Waals surface area contributed by atoms with E-state index in [-0.39, 0.29) is 22.2 Å². The number of nitrogens with zero attached hydrogens (tertiary/aromatic N) is 3. The smallest absolute Gasteiger partial charge is 0.256 e. The number of pyridine rings is 3. The van der Waals surface area contributed by atoms with E-state index in [0.717, 1.165) is 18.4 Å². The zero-order valence-electron chi connectivity index (χ0n) is 25.1. The molecule has 9 nitrogen and oxygen atoms in total. The number of alkyl halides is 1. The number of carbonyl (C=O) groups excluding carboxylic acids is 1. The Hall–Kier alpha value is -3.72. The highest BCUT2D eigenvalue weighted by atomic mass is 32.2. The molecule has 1 saturated heterocycles. The third-order valence-electron chi connectivity index (χ3n) is 6.12. The van der Waals surface area contributed by atoms with E-state index >= 15 is 0 Å². The van der Waals surface area contributed by atoms with E-state index in [2.05, 4.69) is 38.0 Å². The van der Waals surface area contributed by atoms with Gasteiger partial charge in [-0.2, -0.15) is 0 Å². The first-order valence-electron chi connectivity index (χ1n) is 14.2. The summed E-state index contributed by atoms with van der Waals surface area (Å²) in [7, 11) is 1.47. The number of ether oxygens (including phenoxy) is 1. The highest BCUT2D eigenvalue weighted by Crippen LogP contribution is 2.35. The first-order valence-corrected chi connectivity index (χ1v) is 15.1. The molecule has 2 aliphatic rings. The second-order valence-corrected chi connectivity index (χ2v) is 10.4. The molecule has 4 heterocycles. The van der Waals surface area contributed by atoms with Crippen LogP contribution in [0.25, 0.3) is 16.9 Å². The number of thioether (sulfide) groups is 1. The normalized spacial score (nSPS) is 17.8. The zero-order chi connectivity index (χ0) is 30.8. The fourth-order valence-electron chi connectivity index (χ4n) is 3.92. The summed E-state index contributed by atoms with van der Waals surface area (Å²) in [4.78, 5) is 34.7. The Labute approximate surface area is 251 Å². The van der Waals surface area contributed by atoms with Crippen LogP contribution in [-0.2, 0) is 0 Å². The van der Waals surface area contributed by atoms with Crippen LogP contribution in [0.4, 0.5) is 4.39 Å². The van der Waals surface area contributed by atoms with Gasteiger partial charge in [-0.1, -0.05) is 57.4 Å². The molecular weight excluding hydrogens is 555 g/mol. The third-order valence-corrected chi connectivity index (χ3v) is 7.14. The van der Waals surface area contributed by atoms with Gasteiger partial charge in [-0.05, 0) is 44.4 Å². The molecule has 5 rings (SSSR count). The quantitative estimate of drug-likeness (QED) is 0.331. The number of hydrazine groups is 1. The number of aromatic nitrogens is 3. The monoisotopic (exact) mass is 594 g/mol. The van der Waals surface area contributed by atoms with Gasteiger partial charge in [-0.15, -0.1) is 0 Å². The molecule has 2 fully saturated rings. The molecule has 1 amide bonds. The Morgan fingerprint density at radius 3 is 2.52 bits per heavy atom. The lowest BCUT2D eigenvalue weighted by Crippen LogP contribution is -2.43. The van der Waals surface area contributed by atoms with Gasteiger partial charge in [0.05, 0.1) is 24.6 Å². The van der Waals surface area contributed by atoms with Crippen LogP contribution >= 0.6 is 11.8 Å². The molecule has 3 unspecified atom stereocenters. The molecule has 42 heavy (non-hydrogen) atoms. The maximum Gasteiger partial charge on any atom is 0.256 e. The number of rotatable bonds is 6. The molecule has 0 aromatic carbocycles. The molecule has 0 spiro atoms. The van der Waals surface area contributed by atoms with Crippen LogP contribution in [-0.4, -0.2) is 38.4 Å². The first-order chi connectivity index (χ1) is 20.3. The summed E-state index contributed by atoms with van der Waals surface area (Å²) in [5.74, 6) is 7.12. The van der Waals surface area contributed by atoms with Crippen molar-refractivity contribution in [3.05, 3.63) is 70.0 Å². The number of aryl methyl sites for hydroxylation is 1. The Morgan fingerprint density at radius 1 is 1.12 bits per heavy atom. The highest BCUT2D eigenvalue weighted by Gasteiger charge is 2.28. The van der Waals surface area contributed by atoms with Crippen LogP contribution in [0.15, 0.2) is 47.7 Å². The number of hydrogen-bond acceptors (Lipinski definition) is 8. The van der Waals surface area contributed by atoms with Gasteiger partial charge < -0.3 is 10.1 Å². The maximum absolute atomic E-state index is 14.2. The van der Waals surface area contributed by atoms with Crippen LogP contribution in [0.2, 0.25) is 0 Å². The molecular formula is C31H39FN6O3S. The van der Waals surface area contributed by atoms with Crippen LogP contribution in [0.5, 0.6) is 5.75 Å². The Kier molecular flexibility index (Phi) is 12.1. The van der Waals surface area contributed by atoms with Gasteiger partial charge in [0.1, 0.15) is 28.6 Å². The van der Waals surface area contributed by atoms with Crippen molar-refractivity contribution < 1.29 is 13.9 Å². The van der Waals surface area contributed by atoms with Crippen molar-refractivity contribution in [2.45, 2.75) is 71.4 Å². The van der Waals surface area contributed by atoms with Crippen molar-refractivity contribution >= 4 is 17.7 Å². The van der Waals surface area contributed by atoms with E-state index in [4.69, 9.17) is 4.74 Å². The van der Waals surface area contributed by atoms with Crippen LogP contribution < -0.4 is 26.5 Å². The Balaban J connectivity index is 0.00000116. The first kappa shape index (κ1) is 32.8. The van der Waals surface area contributed by atoms with E-state index in [0.29, 0.717) is 28.6 Å². The molecule has 1 aliphatic heterocycles. The molecule has 3 atom stereocenters. The van der Waals surface area contributed by atoms with Crippen LogP contribution in [0.3, 0.4) is 0 Å². The molecule has 1 saturated carbocycles. The summed E-state index contributed by atoms with van der Waals surface area (Å²) in [6.07, 6.45) is 5.43. The second-order valence-electron chi connectivity index (χ2n) is 9.15. The molecule has 0 radical (unpaired) electrons. The lowest BCUT2D eigenvalue weighted by atomic mass is 9.99. The minimum atomic E-state index is -1.34. The van der Waals surface area contributed by atoms with Crippen molar-refractivity contribution in [1.29, 1.82) is 0 Å². The number of amides is 1. The number of carbonyl (C=O) groups is 1. The minimum Gasteiger partial charge on any atom is -0.494 e. The largest absolute Gasteiger partial charge is 0.494 e. The summed E-state index contributed by atoms with van der Waals surface area (Å²) < 4.78 is 21.1. The van der Waals surface area contributed by atoms with Gasteiger partial charge in [0.2, 0.25) is 0 Å². The predicted octanol–water partition coefficient (Wildman–Crippen LogP) is 5.29. The van der Waals surface area contributed by atoms with Gasteiger partial charge in [-0.25, -0.2) is 20.2 Å². The van der Waals surface area contributed by atoms with Crippen molar-refractivity contribution in [3.8, 4) is 34.5 Å². The molecule has 3 aromatic heterocycles. The standard InChI is InChI=1S/C27H27FN6O3S.2C2H6/c1-15-4-9-25(35)34(14-15)23-11-18(19-10-21(16(2)28)29-13-22(19)37-3)20(12-30-23)26(36)31-27-33-32-24(38-27)8-7-17-5-6-17;2*1-2/h4,9-14,16-17,24,27,32-33H,5-6H2,1-3H3,(H,31,36);2*1-2H3. The number of hydrogen-bond donors (Lipinski definition) is 3. The lowest BCUT2D eigenvalue weighted by Gasteiger charge is -2.17. The van der Waals surface area contributed by atoms with Gasteiger partial charge in [0.25, 0.3) is 11.5 Å². The van der Waals surface area contributed by atoms with E-state index in [1.807, 2.05) is 34.6 Å². The number of nitrogens with one attached hydrogen (secondary N) is 3. The summed E-state index contributed by atoms with van der Waals surface area (Å²) in [5.41, 5.74) is 7.55. The topological polar surface area (TPSA) is 110 Å². The van der Waals surface area contributed by atoms with E-state index in [9.17, 15) is 14.0 Å². The van der Waals surface area contributed by atoms with Crippen molar-refractivity contribution in [3.63, 3.8) is 0 Å². The number of halogens is 1. The van der Waals surface area contributed by atoms with Gasteiger partial charge in [0.15, 0.2) is 0 Å². The van der Waals surface area contributed by atoms with Crippen molar-refractivity contribution in [2.24, 2.45) is 5.92 Å². The summed E-state index contributed by atoms with van der Waals surface area (Å²) in [5, 5.41) is 2.79. The average molecular weight is 595 g/mol. The maximum atomic E-state index is 14.2. The SMILES string of the molecule is CC.CC.COc1cnc(C(C)F)cc1-c1cc(-n2cc(C)ccc2=O)ncc1C(=O)NC1NNC(C#CC2CC2)S1. The Morgan fingerprint density at radius 2 is 1.86 bits per heavy atom. The van der Waals surface area contributed by atoms with E-state index in [1.54, 1.807) is 24.4 Å². The predicted molar refractivity (Wildman–Crippen MR) is 166 cm³/mol. The van der Waals surface area contributed by atoms with E-state index in [1.165, 1.54) is 48.8 Å². The minimum absolute atomic E-state index is 0.150. The summed E-state index contributed by atoms with van der Waals surface area (Å²) in [6, 6.07) is 6.33. The van der Waals surface area contributed by atoms with Gasteiger partial charge >= 0.3 is 0 Å². The van der Waals surface area contributed by atoms with Crippen LogP contribution in [0.1, 0.15) is 75.2 Å². The summed E-state index contributed by atoms with van der Waals surface area (Å²) >= 11 is 1.44. The Bertz CT molecular complexity index is 1500. The second kappa shape index (κ2) is 15.5. The average Bonchev–Trinajstić information content (AvgIpc) is 3.75. The molecule has 1 aliphatic carbocycles. The molecule has 0 bridgehead atoms. The van der Waals surface area contributed by atoms with Crippen molar-refractivity contribution in [2.75, 3.05) is 7.11 Å². The molecule has 3 aromatic rings. The zero-order valence-corrected chi connectivity index (χ0v) is 25.9.